The SMILES string of the molecule is O=C1C2=C(c3ccc(N(c4ccccc4)c4cccs4)cc3)N(CCC3OCCO3)C(=O)C2=C(c2ccc(N(c3ccccc3)c3cccs3)cc2)N1CCC1OCCO1. The zero-order chi connectivity index (χ0) is 40.4. The fourth-order valence-electron chi connectivity index (χ4n) is 8.33. The maximum absolute atomic E-state index is 15.0. The molecule has 10 rings (SSSR count). The van der Waals surface area contributed by atoms with E-state index in [1.165, 1.54) is 0 Å². The summed E-state index contributed by atoms with van der Waals surface area (Å²) in [7, 11) is 0. The quantitative estimate of drug-likeness (QED) is 0.107. The predicted octanol–water partition coefficient (Wildman–Crippen LogP) is 10.1. The second-order valence-electron chi connectivity index (χ2n) is 14.6. The lowest BCUT2D eigenvalue weighted by Crippen LogP contribution is -2.33. The topological polar surface area (TPSA) is 84.0 Å². The molecular formula is C48H42N4O6S2. The highest BCUT2D eigenvalue weighted by Gasteiger charge is 2.49. The third-order valence-corrected chi connectivity index (χ3v) is 12.7. The van der Waals surface area contributed by atoms with Crippen LogP contribution in [0.2, 0.25) is 0 Å². The third-order valence-electron chi connectivity index (χ3n) is 11.0. The molecule has 2 fully saturated rings. The molecule has 302 valence electrons. The summed E-state index contributed by atoms with van der Waals surface area (Å²) < 4.78 is 23.2. The van der Waals surface area contributed by atoms with Gasteiger partial charge in [-0.3, -0.25) is 9.59 Å². The van der Waals surface area contributed by atoms with Gasteiger partial charge in [0.2, 0.25) is 0 Å². The maximum Gasteiger partial charge on any atom is 0.261 e. The van der Waals surface area contributed by atoms with E-state index < -0.39 is 12.6 Å². The molecule has 60 heavy (non-hydrogen) atoms. The molecule has 0 unspecified atom stereocenters. The lowest BCUT2D eigenvalue weighted by Gasteiger charge is -2.27. The van der Waals surface area contributed by atoms with Crippen LogP contribution in [0.3, 0.4) is 0 Å². The molecule has 10 nitrogen and oxygen atoms in total. The number of para-hydroxylation sites is 2. The Morgan fingerprint density at radius 1 is 0.467 bits per heavy atom. The average molecular weight is 835 g/mol. The number of rotatable bonds is 14. The van der Waals surface area contributed by atoms with Crippen LogP contribution in [0.1, 0.15) is 24.0 Å². The smallest absolute Gasteiger partial charge is 0.261 e. The molecule has 0 radical (unpaired) electrons. The number of amides is 2. The molecular weight excluding hydrogens is 793 g/mol. The van der Waals surface area contributed by atoms with E-state index >= 15 is 9.59 Å². The van der Waals surface area contributed by atoms with Gasteiger partial charge in [0, 0.05) is 48.7 Å². The number of carbonyl (C=O) groups excluding carboxylic acids is 2. The molecule has 0 bridgehead atoms. The first-order valence-electron chi connectivity index (χ1n) is 20.2. The van der Waals surface area contributed by atoms with E-state index in [4.69, 9.17) is 18.9 Å². The normalized spacial score (nSPS) is 17.1. The van der Waals surface area contributed by atoms with Gasteiger partial charge in [-0.25, -0.2) is 0 Å². The molecule has 2 aromatic heterocycles. The number of nitrogens with zero attached hydrogens (tertiary/aromatic N) is 4. The van der Waals surface area contributed by atoms with Crippen molar-refractivity contribution >= 4 is 78.6 Å². The highest BCUT2D eigenvalue weighted by molar-refractivity contribution is 7.14. The minimum atomic E-state index is -0.424. The van der Waals surface area contributed by atoms with Gasteiger partial charge in [0.25, 0.3) is 11.8 Å². The molecule has 0 spiro atoms. The molecule has 0 atom stereocenters. The summed E-state index contributed by atoms with van der Waals surface area (Å²) in [6.07, 6.45) is 0.0783. The minimum absolute atomic E-state index is 0.223. The maximum atomic E-state index is 15.0. The fraction of sp³-hybridized carbons (Fsp3) is 0.208. The van der Waals surface area contributed by atoms with E-state index in [-0.39, 0.29) is 11.8 Å². The molecule has 2 amide bonds. The van der Waals surface area contributed by atoms with Crippen molar-refractivity contribution in [1.82, 2.24) is 9.80 Å². The van der Waals surface area contributed by atoms with Crippen molar-refractivity contribution in [2.75, 3.05) is 49.3 Å². The Balaban J connectivity index is 1.08. The molecule has 0 saturated carbocycles. The van der Waals surface area contributed by atoms with Crippen LogP contribution >= 0.6 is 22.7 Å². The summed E-state index contributed by atoms with van der Waals surface area (Å²) in [5.74, 6) is -0.446. The van der Waals surface area contributed by atoms with Gasteiger partial charge in [0.1, 0.15) is 0 Å². The second kappa shape index (κ2) is 17.0. The number of thiophene rings is 2. The molecule has 6 aromatic rings. The molecule has 12 heteroatoms. The van der Waals surface area contributed by atoms with Crippen molar-refractivity contribution in [3.8, 4) is 0 Å². The Morgan fingerprint density at radius 3 is 1.18 bits per heavy atom. The predicted molar refractivity (Wildman–Crippen MR) is 236 cm³/mol. The van der Waals surface area contributed by atoms with Gasteiger partial charge in [0.15, 0.2) is 12.6 Å². The molecule has 0 N–H and O–H groups in total. The van der Waals surface area contributed by atoms with Crippen molar-refractivity contribution in [1.29, 1.82) is 0 Å². The molecule has 4 aliphatic heterocycles. The third kappa shape index (κ3) is 7.36. The van der Waals surface area contributed by atoms with Crippen LogP contribution < -0.4 is 9.80 Å². The Kier molecular flexibility index (Phi) is 10.9. The molecule has 0 aliphatic carbocycles. The van der Waals surface area contributed by atoms with E-state index in [0.717, 1.165) is 43.9 Å². The number of fused-ring (bicyclic) bond motifs is 1. The van der Waals surface area contributed by atoms with E-state index in [0.29, 0.717) is 74.9 Å². The minimum Gasteiger partial charge on any atom is -0.350 e. The molecule has 4 aliphatic rings. The van der Waals surface area contributed by atoms with Crippen LogP contribution in [-0.4, -0.2) is 73.7 Å². The zero-order valence-corrected chi connectivity index (χ0v) is 34.4. The number of benzene rings is 4. The first-order valence-corrected chi connectivity index (χ1v) is 22.0. The molecule has 6 heterocycles. The summed E-state index contributed by atoms with van der Waals surface area (Å²) in [6, 6.07) is 45.0. The van der Waals surface area contributed by atoms with Crippen LogP contribution in [0.4, 0.5) is 32.8 Å². The molecule has 4 aromatic carbocycles. The standard InChI is InChI=1S/C48H42N4O6S2/c53-47-43-44(46(50(47)26-24-42-57-29-30-58-42)34-17-21-38(22-18-34)52(40-14-8-32-60-40)36-11-5-2-6-12-36)48(54)49(25-23-41-55-27-28-56-41)45(43)33-15-19-37(20-16-33)51(39-13-7-31-59-39)35-9-3-1-4-10-35/h1-22,31-32,41-42H,23-30H2. The van der Waals surface area contributed by atoms with E-state index in [1.807, 2.05) is 72.8 Å². The summed E-state index contributed by atoms with van der Waals surface area (Å²) in [5, 5.41) is 6.28. The lowest BCUT2D eigenvalue weighted by molar-refractivity contribution is -0.125. The van der Waals surface area contributed by atoms with Crippen LogP contribution in [0.15, 0.2) is 155 Å². The highest BCUT2D eigenvalue weighted by atomic mass is 32.1. The molecule has 2 saturated heterocycles. The van der Waals surface area contributed by atoms with Crippen molar-refractivity contribution < 1.29 is 28.5 Å². The Hall–Kier alpha value is -5.86. The zero-order valence-electron chi connectivity index (χ0n) is 32.7. The van der Waals surface area contributed by atoms with E-state index in [9.17, 15) is 0 Å². The van der Waals surface area contributed by atoms with Crippen molar-refractivity contribution in [2.24, 2.45) is 0 Å². The van der Waals surface area contributed by atoms with Crippen molar-refractivity contribution in [3.63, 3.8) is 0 Å². The first kappa shape index (κ1) is 38.3. The van der Waals surface area contributed by atoms with E-state index in [1.54, 1.807) is 32.5 Å². The Bertz CT molecular complexity index is 2320. The van der Waals surface area contributed by atoms with Gasteiger partial charge < -0.3 is 38.5 Å². The largest absolute Gasteiger partial charge is 0.350 e. The van der Waals surface area contributed by atoms with Gasteiger partial charge in [-0.05, 0) is 94.7 Å². The first-order chi connectivity index (χ1) is 29.6. The van der Waals surface area contributed by atoms with Gasteiger partial charge in [-0.2, -0.15) is 0 Å². The number of carbonyl (C=O) groups is 2. The van der Waals surface area contributed by atoms with Crippen molar-refractivity contribution in [2.45, 2.75) is 25.4 Å². The van der Waals surface area contributed by atoms with Crippen LogP contribution in [-0.2, 0) is 28.5 Å². The summed E-state index contributed by atoms with van der Waals surface area (Å²) in [6.45, 7) is 2.67. The number of hydrogen-bond acceptors (Lipinski definition) is 10. The van der Waals surface area contributed by atoms with Crippen LogP contribution in [0.25, 0.3) is 11.4 Å². The summed E-state index contributed by atoms with van der Waals surface area (Å²) in [4.78, 5) is 38.0. The van der Waals surface area contributed by atoms with E-state index in [2.05, 4.69) is 81.2 Å². The number of anilines is 6. The van der Waals surface area contributed by atoms with Gasteiger partial charge in [-0.1, -0.05) is 60.7 Å². The fourth-order valence-corrected chi connectivity index (χ4v) is 9.87. The van der Waals surface area contributed by atoms with Gasteiger partial charge >= 0.3 is 0 Å². The second-order valence-corrected chi connectivity index (χ2v) is 16.5. The summed E-state index contributed by atoms with van der Waals surface area (Å²) in [5.41, 5.74) is 7.50. The van der Waals surface area contributed by atoms with Gasteiger partial charge in [0.05, 0.1) is 59.0 Å². The van der Waals surface area contributed by atoms with Crippen LogP contribution in [0.5, 0.6) is 0 Å². The monoisotopic (exact) mass is 834 g/mol. The van der Waals surface area contributed by atoms with Crippen LogP contribution in [0, 0.1) is 0 Å². The van der Waals surface area contributed by atoms with Gasteiger partial charge in [-0.15, -0.1) is 22.7 Å². The van der Waals surface area contributed by atoms with Crippen molar-refractivity contribution in [3.05, 3.63) is 166 Å². The highest BCUT2D eigenvalue weighted by Crippen LogP contribution is 2.48. The lowest BCUT2D eigenvalue weighted by atomic mass is 10.0. The Labute approximate surface area is 356 Å². The summed E-state index contributed by atoms with van der Waals surface area (Å²) >= 11 is 3.32. The Morgan fingerprint density at radius 2 is 0.833 bits per heavy atom. The average Bonchev–Trinajstić information content (AvgIpc) is 4.16. The number of ether oxygens (including phenoxy) is 4. The number of hydrogen-bond donors (Lipinski definition) is 0.